The van der Waals surface area contributed by atoms with Gasteiger partial charge in [0.05, 0.1) is 30.7 Å². The molecule has 0 saturated heterocycles. The normalized spacial score (nSPS) is 12.1. The second kappa shape index (κ2) is 8.38. The standard InChI is InChI=1S/C20H19N5O3S/c1-28-19-8-13(5-6-17(19)26)20-22-15(12-29-20)11-25-10-14(23-24-25)9-18(27)16-4-2-3-7-21-16/h2-8,10,12,18,26-27H,9,11H2,1H3. The van der Waals surface area contributed by atoms with Crippen molar-refractivity contribution in [3.8, 4) is 22.1 Å². The van der Waals surface area contributed by atoms with E-state index in [-0.39, 0.29) is 5.75 Å². The van der Waals surface area contributed by atoms with Gasteiger partial charge in [-0.05, 0) is 30.3 Å². The van der Waals surface area contributed by atoms with E-state index in [1.165, 1.54) is 18.4 Å². The van der Waals surface area contributed by atoms with E-state index in [1.807, 2.05) is 17.5 Å². The number of methoxy groups -OCH3 is 1. The molecule has 4 aromatic rings. The number of pyridine rings is 1. The van der Waals surface area contributed by atoms with E-state index in [0.29, 0.717) is 30.1 Å². The fourth-order valence-electron chi connectivity index (χ4n) is 2.87. The molecule has 0 aliphatic heterocycles. The van der Waals surface area contributed by atoms with Crippen LogP contribution in [0.1, 0.15) is 23.2 Å². The predicted molar refractivity (Wildman–Crippen MR) is 108 cm³/mol. The number of aliphatic hydroxyl groups is 1. The Morgan fingerprint density at radius 2 is 2.10 bits per heavy atom. The Bertz CT molecular complexity index is 1100. The zero-order valence-electron chi connectivity index (χ0n) is 15.6. The zero-order chi connectivity index (χ0) is 20.2. The van der Waals surface area contributed by atoms with E-state index in [1.54, 1.807) is 41.3 Å². The van der Waals surface area contributed by atoms with Gasteiger partial charge in [-0.1, -0.05) is 11.3 Å². The number of rotatable bonds is 7. The Kier molecular flexibility index (Phi) is 5.50. The summed E-state index contributed by atoms with van der Waals surface area (Å²) in [6.07, 6.45) is 3.07. The number of aromatic hydroxyl groups is 1. The van der Waals surface area contributed by atoms with Crippen molar-refractivity contribution < 1.29 is 14.9 Å². The molecule has 0 aliphatic rings. The fraction of sp³-hybridized carbons (Fsp3) is 0.200. The summed E-state index contributed by atoms with van der Waals surface area (Å²) < 4.78 is 6.85. The minimum Gasteiger partial charge on any atom is -0.504 e. The molecule has 0 bridgehead atoms. The monoisotopic (exact) mass is 409 g/mol. The molecule has 0 radical (unpaired) electrons. The largest absolute Gasteiger partial charge is 0.504 e. The smallest absolute Gasteiger partial charge is 0.161 e. The zero-order valence-corrected chi connectivity index (χ0v) is 16.5. The molecule has 2 N–H and O–H groups in total. The average molecular weight is 409 g/mol. The predicted octanol–water partition coefficient (Wildman–Crippen LogP) is 2.84. The molecule has 0 saturated carbocycles. The van der Waals surface area contributed by atoms with Crippen molar-refractivity contribution in [1.29, 1.82) is 0 Å². The van der Waals surface area contributed by atoms with Gasteiger partial charge in [0.2, 0.25) is 0 Å². The summed E-state index contributed by atoms with van der Waals surface area (Å²) in [4.78, 5) is 8.79. The highest BCUT2D eigenvalue weighted by molar-refractivity contribution is 7.13. The number of nitrogens with zero attached hydrogens (tertiary/aromatic N) is 5. The van der Waals surface area contributed by atoms with Gasteiger partial charge in [0.15, 0.2) is 11.5 Å². The van der Waals surface area contributed by atoms with Crippen molar-refractivity contribution in [3.05, 3.63) is 71.3 Å². The number of phenolic OH excluding ortho intramolecular Hbond substituents is 1. The lowest BCUT2D eigenvalue weighted by molar-refractivity contribution is 0.172. The summed E-state index contributed by atoms with van der Waals surface area (Å²) in [7, 11) is 1.51. The van der Waals surface area contributed by atoms with Gasteiger partial charge in [0.25, 0.3) is 0 Å². The number of thiazole rings is 1. The second-order valence-corrected chi connectivity index (χ2v) is 7.27. The molecule has 0 fully saturated rings. The third-order valence-electron chi connectivity index (χ3n) is 4.32. The molecule has 0 amide bonds. The van der Waals surface area contributed by atoms with Gasteiger partial charge in [0, 0.05) is 29.8 Å². The van der Waals surface area contributed by atoms with Gasteiger partial charge in [-0.2, -0.15) is 0 Å². The first-order valence-corrected chi connectivity index (χ1v) is 9.80. The van der Waals surface area contributed by atoms with Crippen molar-refractivity contribution in [1.82, 2.24) is 25.0 Å². The molecule has 1 unspecified atom stereocenters. The fourth-order valence-corrected chi connectivity index (χ4v) is 3.68. The van der Waals surface area contributed by atoms with E-state index in [0.717, 1.165) is 16.3 Å². The highest BCUT2D eigenvalue weighted by Crippen LogP contribution is 2.32. The van der Waals surface area contributed by atoms with Gasteiger partial charge in [0.1, 0.15) is 11.1 Å². The number of aromatic nitrogens is 5. The summed E-state index contributed by atoms with van der Waals surface area (Å²) in [5.41, 5.74) is 3.00. The first-order valence-electron chi connectivity index (χ1n) is 8.92. The van der Waals surface area contributed by atoms with Crippen LogP contribution < -0.4 is 4.74 Å². The van der Waals surface area contributed by atoms with Crippen LogP contribution in [0.15, 0.2) is 54.2 Å². The summed E-state index contributed by atoms with van der Waals surface area (Å²) in [5.74, 6) is 0.502. The third-order valence-corrected chi connectivity index (χ3v) is 5.26. The Labute approximate surface area is 171 Å². The van der Waals surface area contributed by atoms with Gasteiger partial charge < -0.3 is 14.9 Å². The number of benzene rings is 1. The minimum atomic E-state index is -0.725. The molecule has 3 heterocycles. The van der Waals surface area contributed by atoms with Crippen molar-refractivity contribution in [2.24, 2.45) is 0 Å². The lowest BCUT2D eigenvalue weighted by Crippen LogP contribution is -2.04. The Balaban J connectivity index is 1.43. The molecular formula is C20H19N5O3S. The van der Waals surface area contributed by atoms with Crippen LogP contribution in [-0.4, -0.2) is 42.3 Å². The highest BCUT2D eigenvalue weighted by atomic mass is 32.1. The van der Waals surface area contributed by atoms with Crippen molar-refractivity contribution in [3.63, 3.8) is 0 Å². The summed E-state index contributed by atoms with van der Waals surface area (Å²) in [6.45, 7) is 0.471. The first-order chi connectivity index (χ1) is 14.1. The summed E-state index contributed by atoms with van der Waals surface area (Å²) in [6, 6.07) is 10.6. The van der Waals surface area contributed by atoms with Crippen LogP contribution in [0.4, 0.5) is 0 Å². The lowest BCUT2D eigenvalue weighted by atomic mass is 10.1. The molecule has 4 rings (SSSR count). The van der Waals surface area contributed by atoms with Crippen LogP contribution in [0.2, 0.25) is 0 Å². The molecule has 1 aromatic carbocycles. The number of hydrogen-bond donors (Lipinski definition) is 2. The molecule has 1 atom stereocenters. The number of aliphatic hydroxyl groups excluding tert-OH is 1. The maximum absolute atomic E-state index is 10.3. The molecule has 0 aliphatic carbocycles. The van der Waals surface area contributed by atoms with Gasteiger partial charge in [-0.25, -0.2) is 9.67 Å². The molecule has 8 nitrogen and oxygen atoms in total. The topological polar surface area (TPSA) is 106 Å². The average Bonchev–Trinajstić information content (AvgIpc) is 3.39. The van der Waals surface area contributed by atoms with Crippen LogP contribution >= 0.6 is 11.3 Å². The lowest BCUT2D eigenvalue weighted by Gasteiger charge is -2.06. The first kappa shape index (κ1) is 19.0. The number of ether oxygens (including phenoxy) is 1. The quantitative estimate of drug-likeness (QED) is 0.483. The molecule has 0 spiro atoms. The van der Waals surface area contributed by atoms with E-state index < -0.39 is 6.10 Å². The Morgan fingerprint density at radius 1 is 1.21 bits per heavy atom. The van der Waals surface area contributed by atoms with Gasteiger partial charge in [-0.3, -0.25) is 4.98 Å². The van der Waals surface area contributed by atoms with E-state index in [2.05, 4.69) is 20.3 Å². The Morgan fingerprint density at radius 3 is 2.90 bits per heavy atom. The molecule has 9 heteroatoms. The maximum atomic E-state index is 10.3. The second-order valence-electron chi connectivity index (χ2n) is 6.41. The van der Waals surface area contributed by atoms with E-state index in [9.17, 15) is 10.2 Å². The number of phenols is 1. The van der Waals surface area contributed by atoms with Crippen LogP contribution in [0.3, 0.4) is 0 Å². The Hall–Kier alpha value is -3.30. The summed E-state index contributed by atoms with van der Waals surface area (Å²) in [5, 5.41) is 31.1. The third kappa shape index (κ3) is 4.41. The highest BCUT2D eigenvalue weighted by Gasteiger charge is 2.13. The number of hydrogen-bond acceptors (Lipinski definition) is 8. The van der Waals surface area contributed by atoms with Crippen LogP contribution in [0, 0.1) is 0 Å². The molecule has 148 valence electrons. The molecular weight excluding hydrogens is 390 g/mol. The molecule has 3 aromatic heterocycles. The van der Waals surface area contributed by atoms with Crippen LogP contribution in [0.5, 0.6) is 11.5 Å². The van der Waals surface area contributed by atoms with Crippen molar-refractivity contribution in [2.45, 2.75) is 19.1 Å². The van der Waals surface area contributed by atoms with Gasteiger partial charge in [-0.15, -0.1) is 16.4 Å². The van der Waals surface area contributed by atoms with E-state index >= 15 is 0 Å². The van der Waals surface area contributed by atoms with Gasteiger partial charge >= 0.3 is 0 Å². The maximum Gasteiger partial charge on any atom is 0.161 e. The SMILES string of the molecule is COc1cc(-c2nc(Cn3cc(CC(O)c4ccccn4)nn3)cs2)ccc1O. The van der Waals surface area contributed by atoms with E-state index in [4.69, 9.17) is 4.74 Å². The molecule has 29 heavy (non-hydrogen) atoms. The van der Waals surface area contributed by atoms with Crippen LogP contribution in [0.25, 0.3) is 10.6 Å². The van der Waals surface area contributed by atoms with Crippen molar-refractivity contribution in [2.75, 3.05) is 7.11 Å². The van der Waals surface area contributed by atoms with Crippen LogP contribution in [-0.2, 0) is 13.0 Å². The summed E-state index contributed by atoms with van der Waals surface area (Å²) >= 11 is 1.50. The minimum absolute atomic E-state index is 0.0936. The van der Waals surface area contributed by atoms with Crippen molar-refractivity contribution >= 4 is 11.3 Å².